The van der Waals surface area contributed by atoms with Gasteiger partial charge in [-0.1, -0.05) is 29.5 Å². The summed E-state index contributed by atoms with van der Waals surface area (Å²) in [4.78, 5) is 12.7. The molecule has 0 spiro atoms. The number of hydrogen-bond acceptors (Lipinski definition) is 6. The number of anilines is 1. The number of hydrogen-bond donors (Lipinski definition) is 2. The van der Waals surface area contributed by atoms with E-state index in [0.717, 1.165) is 10.8 Å². The molecular weight excluding hydrogens is 292 g/mol. The molecule has 1 amide bonds. The lowest BCUT2D eigenvalue weighted by Gasteiger charge is -1.98. The second kappa shape index (κ2) is 7.98. The number of nitrogens with one attached hydrogen (secondary N) is 1. The molecule has 5 nitrogen and oxygen atoms in total. The van der Waals surface area contributed by atoms with Gasteiger partial charge >= 0.3 is 0 Å². The van der Waals surface area contributed by atoms with E-state index in [0.29, 0.717) is 24.5 Å². The maximum absolute atomic E-state index is 11.5. The lowest BCUT2D eigenvalue weighted by atomic mass is 10.3. The highest BCUT2D eigenvalue weighted by atomic mass is 32.2. The minimum atomic E-state index is -0.0612. The SMILES string of the molecule is NCCCC(=O)Nc1nnc(CSc2ccccc2)s1. The van der Waals surface area contributed by atoms with Crippen molar-refractivity contribution in [1.29, 1.82) is 0 Å². The Hall–Kier alpha value is -1.44. The lowest BCUT2D eigenvalue weighted by Crippen LogP contribution is -2.13. The van der Waals surface area contributed by atoms with E-state index in [-0.39, 0.29) is 5.91 Å². The molecule has 1 heterocycles. The quantitative estimate of drug-likeness (QED) is 0.768. The molecule has 1 aromatic carbocycles. The van der Waals surface area contributed by atoms with Gasteiger partial charge in [0.05, 0.1) is 5.75 Å². The zero-order chi connectivity index (χ0) is 14.2. The highest BCUT2D eigenvalue weighted by Crippen LogP contribution is 2.25. The minimum absolute atomic E-state index is 0.0612. The Labute approximate surface area is 126 Å². The zero-order valence-electron chi connectivity index (χ0n) is 10.9. The Morgan fingerprint density at radius 3 is 2.85 bits per heavy atom. The first-order valence-electron chi connectivity index (χ1n) is 6.28. The number of aromatic nitrogens is 2. The molecule has 0 atom stereocenters. The van der Waals surface area contributed by atoms with Gasteiger partial charge in [0.2, 0.25) is 11.0 Å². The Bertz CT molecular complexity index is 544. The maximum Gasteiger partial charge on any atom is 0.226 e. The molecule has 0 aliphatic heterocycles. The Morgan fingerprint density at radius 1 is 1.30 bits per heavy atom. The standard InChI is InChI=1S/C13H16N4OS2/c14-8-4-7-11(18)15-13-17-16-12(20-13)9-19-10-5-2-1-3-6-10/h1-3,5-6H,4,7-9,14H2,(H,15,17,18). The normalized spacial score (nSPS) is 10.4. The van der Waals surface area contributed by atoms with Crippen LogP contribution in [-0.4, -0.2) is 22.6 Å². The highest BCUT2D eigenvalue weighted by Gasteiger charge is 2.08. The van der Waals surface area contributed by atoms with Crippen LogP contribution in [0, 0.1) is 0 Å². The van der Waals surface area contributed by atoms with Crippen molar-refractivity contribution in [2.24, 2.45) is 5.73 Å². The van der Waals surface area contributed by atoms with Crippen LogP contribution in [-0.2, 0) is 10.5 Å². The number of thioether (sulfide) groups is 1. The topological polar surface area (TPSA) is 80.9 Å². The second-order valence-electron chi connectivity index (χ2n) is 4.04. The van der Waals surface area contributed by atoms with E-state index in [1.165, 1.54) is 16.2 Å². The molecule has 0 aliphatic carbocycles. The van der Waals surface area contributed by atoms with E-state index in [1.807, 2.05) is 18.2 Å². The van der Waals surface area contributed by atoms with Gasteiger partial charge in [-0.2, -0.15) is 0 Å². The van der Waals surface area contributed by atoms with Gasteiger partial charge in [-0.25, -0.2) is 0 Å². The van der Waals surface area contributed by atoms with Crippen LogP contribution in [0.2, 0.25) is 0 Å². The first-order valence-corrected chi connectivity index (χ1v) is 8.08. The second-order valence-corrected chi connectivity index (χ2v) is 6.15. The largest absolute Gasteiger partial charge is 0.330 e. The van der Waals surface area contributed by atoms with Crippen molar-refractivity contribution in [2.75, 3.05) is 11.9 Å². The van der Waals surface area contributed by atoms with Crippen molar-refractivity contribution in [3.8, 4) is 0 Å². The molecule has 0 bridgehead atoms. The van der Waals surface area contributed by atoms with Gasteiger partial charge in [0.1, 0.15) is 5.01 Å². The van der Waals surface area contributed by atoms with Crippen molar-refractivity contribution in [3.05, 3.63) is 35.3 Å². The Kier molecular flexibility index (Phi) is 5.97. The molecule has 2 rings (SSSR count). The number of carbonyl (C=O) groups is 1. The summed E-state index contributed by atoms with van der Waals surface area (Å²) in [6.07, 6.45) is 1.10. The summed E-state index contributed by atoms with van der Waals surface area (Å²) in [5.74, 6) is 0.689. The molecule has 0 radical (unpaired) electrons. The molecular formula is C13H16N4OS2. The highest BCUT2D eigenvalue weighted by molar-refractivity contribution is 7.98. The number of nitrogens with zero attached hydrogens (tertiary/aromatic N) is 2. The fourth-order valence-electron chi connectivity index (χ4n) is 1.47. The predicted molar refractivity (Wildman–Crippen MR) is 82.8 cm³/mol. The van der Waals surface area contributed by atoms with E-state index in [2.05, 4.69) is 27.6 Å². The summed E-state index contributed by atoms with van der Waals surface area (Å²) >= 11 is 3.11. The van der Waals surface area contributed by atoms with Gasteiger partial charge in [0.15, 0.2) is 0 Å². The molecule has 3 N–H and O–H groups in total. The third kappa shape index (κ3) is 4.92. The molecule has 20 heavy (non-hydrogen) atoms. The molecule has 7 heteroatoms. The molecule has 106 valence electrons. The third-order valence-electron chi connectivity index (χ3n) is 2.43. The predicted octanol–water partition coefficient (Wildman–Crippen LogP) is 2.51. The zero-order valence-corrected chi connectivity index (χ0v) is 12.5. The number of nitrogens with two attached hydrogens (primary N) is 1. The smallest absolute Gasteiger partial charge is 0.226 e. The Morgan fingerprint density at radius 2 is 2.10 bits per heavy atom. The monoisotopic (exact) mass is 308 g/mol. The van der Waals surface area contributed by atoms with E-state index < -0.39 is 0 Å². The van der Waals surface area contributed by atoms with Gasteiger partial charge in [0, 0.05) is 11.3 Å². The number of carbonyl (C=O) groups excluding carboxylic acids is 1. The van der Waals surface area contributed by atoms with Gasteiger partial charge in [-0.3, -0.25) is 4.79 Å². The summed E-state index contributed by atoms with van der Waals surface area (Å²) in [6.45, 7) is 0.516. The molecule has 0 saturated heterocycles. The fraction of sp³-hybridized carbons (Fsp3) is 0.308. The lowest BCUT2D eigenvalue weighted by molar-refractivity contribution is -0.116. The van der Waals surface area contributed by atoms with Gasteiger partial charge < -0.3 is 11.1 Å². The van der Waals surface area contributed by atoms with Crippen molar-refractivity contribution in [1.82, 2.24) is 10.2 Å². The van der Waals surface area contributed by atoms with Crippen LogP contribution in [0.4, 0.5) is 5.13 Å². The van der Waals surface area contributed by atoms with E-state index in [4.69, 9.17) is 5.73 Å². The third-order valence-corrected chi connectivity index (χ3v) is 4.47. The summed E-state index contributed by atoms with van der Waals surface area (Å²) in [7, 11) is 0. The molecule has 2 aromatic rings. The molecule has 0 saturated carbocycles. The molecule has 0 unspecified atom stereocenters. The van der Waals surface area contributed by atoms with Gasteiger partial charge in [0.25, 0.3) is 0 Å². The van der Waals surface area contributed by atoms with Gasteiger partial charge in [-0.15, -0.1) is 22.0 Å². The number of benzene rings is 1. The first kappa shape index (κ1) is 15.0. The van der Waals surface area contributed by atoms with Gasteiger partial charge in [-0.05, 0) is 25.1 Å². The van der Waals surface area contributed by atoms with Crippen molar-refractivity contribution < 1.29 is 4.79 Å². The summed E-state index contributed by atoms with van der Waals surface area (Å²) in [5.41, 5.74) is 5.36. The average molecular weight is 308 g/mol. The van der Waals surface area contributed by atoms with E-state index >= 15 is 0 Å². The Balaban J connectivity index is 1.81. The summed E-state index contributed by atoms with van der Waals surface area (Å²) < 4.78 is 0. The van der Waals surface area contributed by atoms with Crippen LogP contribution in [0.5, 0.6) is 0 Å². The average Bonchev–Trinajstić information content (AvgIpc) is 2.91. The minimum Gasteiger partial charge on any atom is -0.330 e. The first-order chi connectivity index (χ1) is 9.78. The molecule has 0 aliphatic rings. The van der Waals surface area contributed by atoms with Crippen LogP contribution < -0.4 is 11.1 Å². The van der Waals surface area contributed by atoms with Crippen molar-refractivity contribution >= 4 is 34.1 Å². The van der Waals surface area contributed by atoms with Crippen molar-refractivity contribution in [2.45, 2.75) is 23.5 Å². The molecule has 0 fully saturated rings. The number of rotatable bonds is 7. The summed E-state index contributed by atoms with van der Waals surface area (Å²) in [6, 6.07) is 10.1. The fourth-order valence-corrected chi connectivity index (χ4v) is 3.13. The van der Waals surface area contributed by atoms with Crippen LogP contribution in [0.1, 0.15) is 17.8 Å². The maximum atomic E-state index is 11.5. The van der Waals surface area contributed by atoms with Crippen LogP contribution in [0.15, 0.2) is 35.2 Å². The summed E-state index contributed by atoms with van der Waals surface area (Å²) in [5, 5.41) is 12.2. The van der Waals surface area contributed by atoms with Crippen LogP contribution in [0.3, 0.4) is 0 Å². The molecule has 1 aromatic heterocycles. The van der Waals surface area contributed by atoms with E-state index in [9.17, 15) is 4.79 Å². The van der Waals surface area contributed by atoms with Crippen LogP contribution in [0.25, 0.3) is 0 Å². The van der Waals surface area contributed by atoms with E-state index in [1.54, 1.807) is 11.8 Å². The van der Waals surface area contributed by atoms with Crippen LogP contribution >= 0.6 is 23.1 Å². The van der Waals surface area contributed by atoms with Crippen molar-refractivity contribution in [3.63, 3.8) is 0 Å². The number of amides is 1.